The third kappa shape index (κ3) is 4.97. The van der Waals surface area contributed by atoms with Gasteiger partial charge in [-0.25, -0.2) is 0 Å². The van der Waals surface area contributed by atoms with Crippen LogP contribution < -0.4 is 10.6 Å². The minimum atomic E-state index is -0.174. The molecule has 0 amide bonds. The number of benzene rings is 2. The van der Waals surface area contributed by atoms with Crippen LogP contribution in [0.25, 0.3) is 0 Å². The number of nitrogens with one attached hydrogen (secondary N) is 2. The van der Waals surface area contributed by atoms with Crippen LogP contribution in [0.2, 0.25) is 0 Å². The van der Waals surface area contributed by atoms with Crippen LogP contribution in [0.4, 0.5) is 11.9 Å². The van der Waals surface area contributed by atoms with E-state index < -0.39 is 0 Å². The van der Waals surface area contributed by atoms with Gasteiger partial charge in [0.05, 0.1) is 0 Å². The molecular formula is C22H27N5O. The van der Waals surface area contributed by atoms with Crippen molar-refractivity contribution in [3.05, 3.63) is 70.8 Å². The second kappa shape index (κ2) is 8.69. The molecule has 6 nitrogen and oxygen atoms in total. The van der Waals surface area contributed by atoms with Gasteiger partial charge in [-0.05, 0) is 25.0 Å². The molecule has 0 radical (unpaired) electrons. The molecule has 0 aliphatic heterocycles. The average molecular weight is 377 g/mol. The molecule has 1 aromatic heterocycles. The van der Waals surface area contributed by atoms with E-state index in [9.17, 15) is 4.79 Å². The Kier molecular flexibility index (Phi) is 6.09. The number of nitrogens with zero attached hydrogens (tertiary/aromatic N) is 3. The zero-order valence-electron chi connectivity index (χ0n) is 16.9. The highest BCUT2D eigenvalue weighted by atomic mass is 16.2. The molecule has 0 bridgehead atoms. The Hall–Kier alpha value is -3.15. The van der Waals surface area contributed by atoms with Gasteiger partial charge in [-0.2, -0.15) is 9.67 Å². The van der Waals surface area contributed by atoms with Gasteiger partial charge in [-0.15, -0.1) is 5.10 Å². The molecule has 0 atom stereocenters. The van der Waals surface area contributed by atoms with Crippen molar-refractivity contribution >= 4 is 17.8 Å². The van der Waals surface area contributed by atoms with Crippen LogP contribution in [0.5, 0.6) is 0 Å². The van der Waals surface area contributed by atoms with E-state index in [4.69, 9.17) is 0 Å². The van der Waals surface area contributed by atoms with E-state index in [1.165, 1.54) is 15.8 Å². The molecule has 0 unspecified atom stereocenters. The standard InChI is InChI=1S/C22H27N5O/c1-15(2)20(28)27-22(24-14-19-11-7-17(4)8-12-19)25-21(26-27)23-13-18-9-5-16(3)6-10-18/h5-12,15H,13-14H2,1-4H3,(H2,23,24,25,26). The molecule has 3 aromatic rings. The first kappa shape index (κ1) is 19.6. The molecule has 0 fully saturated rings. The number of carbonyl (C=O) groups excluding carboxylic acids is 1. The third-order valence-corrected chi connectivity index (χ3v) is 4.45. The number of hydrogen-bond acceptors (Lipinski definition) is 5. The maximum atomic E-state index is 12.5. The van der Waals surface area contributed by atoms with Crippen LogP contribution in [0.15, 0.2) is 48.5 Å². The van der Waals surface area contributed by atoms with E-state index in [0.717, 1.165) is 11.1 Å². The first-order valence-corrected chi connectivity index (χ1v) is 9.52. The molecule has 28 heavy (non-hydrogen) atoms. The van der Waals surface area contributed by atoms with E-state index >= 15 is 0 Å². The molecule has 146 valence electrons. The van der Waals surface area contributed by atoms with Gasteiger partial charge in [0.25, 0.3) is 5.91 Å². The van der Waals surface area contributed by atoms with Gasteiger partial charge in [0, 0.05) is 19.0 Å². The summed E-state index contributed by atoms with van der Waals surface area (Å²) in [5.41, 5.74) is 4.68. The van der Waals surface area contributed by atoms with Crippen molar-refractivity contribution in [3.8, 4) is 0 Å². The molecule has 6 heteroatoms. The molecule has 3 rings (SSSR count). The highest BCUT2D eigenvalue weighted by molar-refractivity contribution is 5.82. The first-order valence-electron chi connectivity index (χ1n) is 9.52. The quantitative estimate of drug-likeness (QED) is 0.638. The highest BCUT2D eigenvalue weighted by Crippen LogP contribution is 2.15. The molecule has 0 aliphatic carbocycles. The van der Waals surface area contributed by atoms with Crippen LogP contribution in [-0.4, -0.2) is 20.7 Å². The average Bonchev–Trinajstić information content (AvgIpc) is 3.09. The fourth-order valence-corrected chi connectivity index (χ4v) is 2.67. The summed E-state index contributed by atoms with van der Waals surface area (Å²) in [7, 11) is 0. The van der Waals surface area contributed by atoms with Crippen molar-refractivity contribution in [2.45, 2.75) is 40.8 Å². The zero-order valence-corrected chi connectivity index (χ0v) is 16.9. The monoisotopic (exact) mass is 377 g/mol. The highest BCUT2D eigenvalue weighted by Gasteiger charge is 2.18. The van der Waals surface area contributed by atoms with E-state index in [2.05, 4.69) is 83.1 Å². The Morgan fingerprint density at radius 3 is 1.89 bits per heavy atom. The summed E-state index contributed by atoms with van der Waals surface area (Å²) in [6, 6.07) is 16.5. The van der Waals surface area contributed by atoms with Gasteiger partial charge >= 0.3 is 0 Å². The van der Waals surface area contributed by atoms with E-state index in [-0.39, 0.29) is 11.8 Å². The molecule has 2 aromatic carbocycles. The topological polar surface area (TPSA) is 71.8 Å². The van der Waals surface area contributed by atoms with Gasteiger partial charge in [-0.3, -0.25) is 4.79 Å². The summed E-state index contributed by atoms with van der Waals surface area (Å²) in [6.07, 6.45) is 0. The van der Waals surface area contributed by atoms with Crippen molar-refractivity contribution < 1.29 is 4.79 Å². The van der Waals surface area contributed by atoms with Crippen LogP contribution in [0.3, 0.4) is 0 Å². The molecule has 0 saturated heterocycles. The maximum absolute atomic E-state index is 12.5. The van der Waals surface area contributed by atoms with Crippen LogP contribution in [-0.2, 0) is 13.1 Å². The van der Waals surface area contributed by atoms with Crippen molar-refractivity contribution in [3.63, 3.8) is 0 Å². The minimum absolute atomic E-state index is 0.0951. The second-order valence-electron chi connectivity index (χ2n) is 7.34. The molecule has 0 saturated carbocycles. The summed E-state index contributed by atoms with van der Waals surface area (Å²) in [6.45, 7) is 8.99. The zero-order chi connectivity index (χ0) is 20.1. The number of carbonyl (C=O) groups is 1. The Morgan fingerprint density at radius 1 is 0.893 bits per heavy atom. The molecule has 1 heterocycles. The van der Waals surface area contributed by atoms with Crippen molar-refractivity contribution in [1.29, 1.82) is 0 Å². The minimum Gasteiger partial charge on any atom is -0.350 e. The predicted octanol–water partition coefficient (Wildman–Crippen LogP) is 4.42. The lowest BCUT2D eigenvalue weighted by Crippen LogP contribution is -2.21. The third-order valence-electron chi connectivity index (χ3n) is 4.45. The fraction of sp³-hybridized carbons (Fsp3) is 0.318. The Labute approximate surface area is 166 Å². The first-order chi connectivity index (χ1) is 13.4. The fourth-order valence-electron chi connectivity index (χ4n) is 2.67. The molecule has 0 aliphatic rings. The largest absolute Gasteiger partial charge is 0.350 e. The van der Waals surface area contributed by atoms with Gasteiger partial charge in [0.2, 0.25) is 11.9 Å². The Morgan fingerprint density at radius 2 is 1.39 bits per heavy atom. The van der Waals surface area contributed by atoms with E-state index in [1.54, 1.807) is 0 Å². The number of rotatable bonds is 7. The maximum Gasteiger partial charge on any atom is 0.252 e. The second-order valence-corrected chi connectivity index (χ2v) is 7.34. The van der Waals surface area contributed by atoms with E-state index in [0.29, 0.717) is 25.0 Å². The van der Waals surface area contributed by atoms with Gasteiger partial charge < -0.3 is 10.6 Å². The summed E-state index contributed by atoms with van der Waals surface area (Å²) in [4.78, 5) is 17.0. The predicted molar refractivity (Wildman–Crippen MR) is 112 cm³/mol. The van der Waals surface area contributed by atoms with Crippen LogP contribution in [0.1, 0.15) is 40.9 Å². The van der Waals surface area contributed by atoms with E-state index in [1.807, 2.05) is 13.8 Å². The summed E-state index contributed by atoms with van der Waals surface area (Å²) in [5, 5.41) is 10.8. The molecule has 2 N–H and O–H groups in total. The van der Waals surface area contributed by atoms with Crippen LogP contribution in [0, 0.1) is 19.8 Å². The summed E-state index contributed by atoms with van der Waals surface area (Å²) >= 11 is 0. The smallest absolute Gasteiger partial charge is 0.252 e. The van der Waals surface area contributed by atoms with Crippen LogP contribution >= 0.6 is 0 Å². The number of aromatic nitrogens is 3. The molecular weight excluding hydrogens is 350 g/mol. The molecule has 0 spiro atoms. The lowest BCUT2D eigenvalue weighted by Gasteiger charge is -2.09. The lowest BCUT2D eigenvalue weighted by molar-refractivity contribution is 0.0841. The lowest BCUT2D eigenvalue weighted by atomic mass is 10.1. The Balaban J connectivity index is 1.74. The van der Waals surface area contributed by atoms with Gasteiger partial charge in [-0.1, -0.05) is 73.5 Å². The summed E-state index contributed by atoms with van der Waals surface area (Å²) in [5.74, 6) is 0.612. The Bertz CT molecular complexity index is 927. The SMILES string of the molecule is Cc1ccc(CNc2nc(NCc3ccc(C)cc3)n(C(=O)C(C)C)n2)cc1. The number of anilines is 2. The van der Waals surface area contributed by atoms with Crippen molar-refractivity contribution in [2.75, 3.05) is 10.6 Å². The summed E-state index contributed by atoms with van der Waals surface area (Å²) < 4.78 is 1.36. The number of hydrogen-bond donors (Lipinski definition) is 2. The van der Waals surface area contributed by atoms with Gasteiger partial charge in [0.1, 0.15) is 0 Å². The van der Waals surface area contributed by atoms with Gasteiger partial charge in [0.15, 0.2) is 0 Å². The van der Waals surface area contributed by atoms with Crippen molar-refractivity contribution in [2.24, 2.45) is 5.92 Å². The normalized spacial score (nSPS) is 10.9. The van der Waals surface area contributed by atoms with Crippen molar-refractivity contribution in [1.82, 2.24) is 14.8 Å². The number of aryl methyl sites for hydroxylation is 2.